The zero-order valence-corrected chi connectivity index (χ0v) is 11.2. The van der Waals surface area contributed by atoms with Gasteiger partial charge in [0.15, 0.2) is 0 Å². The molecule has 0 spiro atoms. The molecule has 4 nitrogen and oxygen atoms in total. The van der Waals surface area contributed by atoms with Crippen molar-refractivity contribution < 1.29 is 9.90 Å². The summed E-state index contributed by atoms with van der Waals surface area (Å²) in [5, 5.41) is 13.2. The minimum atomic E-state index is -0.294. The molecule has 0 bridgehead atoms. The van der Waals surface area contributed by atoms with Crippen molar-refractivity contribution in [3.63, 3.8) is 0 Å². The molecule has 0 aliphatic carbocycles. The van der Waals surface area contributed by atoms with Gasteiger partial charge in [-0.15, -0.1) is 0 Å². The first-order valence-electron chi connectivity index (χ1n) is 6.31. The van der Waals surface area contributed by atoms with Crippen LogP contribution in [0.15, 0.2) is 59.7 Å². The van der Waals surface area contributed by atoms with Crippen LogP contribution in [0.1, 0.15) is 22.8 Å². The van der Waals surface area contributed by atoms with Gasteiger partial charge in [0.1, 0.15) is 5.75 Å². The van der Waals surface area contributed by atoms with Crippen LogP contribution in [0.4, 0.5) is 0 Å². The van der Waals surface area contributed by atoms with Crippen LogP contribution in [0, 0.1) is 0 Å². The molecular formula is C16H16N2O2. The Bertz CT molecular complexity index is 604. The second-order valence-corrected chi connectivity index (χ2v) is 4.50. The predicted octanol–water partition coefficient (Wildman–Crippen LogP) is 2.74. The molecule has 0 saturated heterocycles. The molecule has 1 amide bonds. The monoisotopic (exact) mass is 268 g/mol. The fourth-order valence-electron chi connectivity index (χ4n) is 1.75. The molecule has 0 unspecified atom stereocenters. The number of aromatic hydroxyl groups is 1. The summed E-state index contributed by atoms with van der Waals surface area (Å²) < 4.78 is 0. The van der Waals surface area contributed by atoms with Crippen LogP contribution in [0.25, 0.3) is 0 Å². The lowest BCUT2D eigenvalue weighted by Gasteiger charge is -2.03. The van der Waals surface area contributed by atoms with E-state index in [1.807, 2.05) is 37.3 Å². The molecule has 0 radical (unpaired) electrons. The summed E-state index contributed by atoms with van der Waals surface area (Å²) in [6, 6.07) is 16.0. The second-order valence-electron chi connectivity index (χ2n) is 4.50. The minimum absolute atomic E-state index is 0.130. The van der Waals surface area contributed by atoms with E-state index in [-0.39, 0.29) is 11.7 Å². The Morgan fingerprint density at radius 1 is 1.10 bits per heavy atom. The molecule has 2 N–H and O–H groups in total. The fraction of sp³-hybridized carbons (Fsp3) is 0.125. The highest BCUT2D eigenvalue weighted by molar-refractivity contribution is 5.95. The lowest BCUT2D eigenvalue weighted by molar-refractivity contribution is 0.0954. The smallest absolute Gasteiger partial charge is 0.271 e. The van der Waals surface area contributed by atoms with E-state index in [0.717, 1.165) is 11.3 Å². The van der Waals surface area contributed by atoms with E-state index in [2.05, 4.69) is 10.5 Å². The molecule has 0 aromatic heterocycles. The number of hydrazone groups is 1. The summed E-state index contributed by atoms with van der Waals surface area (Å²) in [4.78, 5) is 11.8. The maximum absolute atomic E-state index is 11.8. The van der Waals surface area contributed by atoms with Gasteiger partial charge in [0.25, 0.3) is 5.91 Å². The third kappa shape index (κ3) is 3.95. The van der Waals surface area contributed by atoms with E-state index in [9.17, 15) is 4.79 Å². The van der Waals surface area contributed by atoms with Gasteiger partial charge in [-0.3, -0.25) is 4.79 Å². The first kappa shape index (κ1) is 13.8. The number of phenols is 1. The van der Waals surface area contributed by atoms with Gasteiger partial charge >= 0.3 is 0 Å². The summed E-state index contributed by atoms with van der Waals surface area (Å²) in [6.45, 7) is 1.87. The van der Waals surface area contributed by atoms with E-state index >= 15 is 0 Å². The van der Waals surface area contributed by atoms with Gasteiger partial charge in [-0.1, -0.05) is 30.3 Å². The van der Waals surface area contributed by atoms with Gasteiger partial charge in [-0.25, -0.2) is 5.43 Å². The van der Waals surface area contributed by atoms with Crippen LogP contribution in [0.5, 0.6) is 5.75 Å². The van der Waals surface area contributed by atoms with Crippen LogP contribution < -0.4 is 5.43 Å². The predicted molar refractivity (Wildman–Crippen MR) is 78.8 cm³/mol. The SMILES string of the molecule is CC(Cc1ccccc1)=NNC(=O)c1ccc(O)cc1. The highest BCUT2D eigenvalue weighted by atomic mass is 16.3. The normalized spacial score (nSPS) is 11.2. The molecule has 0 saturated carbocycles. The van der Waals surface area contributed by atoms with Crippen molar-refractivity contribution in [2.45, 2.75) is 13.3 Å². The topological polar surface area (TPSA) is 61.7 Å². The van der Waals surface area contributed by atoms with Crippen LogP contribution in [0.2, 0.25) is 0 Å². The zero-order chi connectivity index (χ0) is 14.4. The summed E-state index contributed by atoms with van der Waals surface area (Å²) in [6.07, 6.45) is 0.691. The van der Waals surface area contributed by atoms with Gasteiger partial charge < -0.3 is 5.11 Å². The minimum Gasteiger partial charge on any atom is -0.508 e. The Morgan fingerprint density at radius 2 is 1.75 bits per heavy atom. The number of nitrogens with one attached hydrogen (secondary N) is 1. The molecule has 102 valence electrons. The molecular weight excluding hydrogens is 252 g/mol. The van der Waals surface area contributed by atoms with Crippen LogP contribution in [0.3, 0.4) is 0 Å². The Labute approximate surface area is 117 Å². The van der Waals surface area contributed by atoms with Crippen molar-refractivity contribution in [2.24, 2.45) is 5.10 Å². The molecule has 0 heterocycles. The zero-order valence-electron chi connectivity index (χ0n) is 11.2. The lowest BCUT2D eigenvalue weighted by atomic mass is 10.1. The number of carbonyl (C=O) groups is 1. The van der Waals surface area contributed by atoms with E-state index in [0.29, 0.717) is 12.0 Å². The second kappa shape index (κ2) is 6.52. The number of hydrogen-bond acceptors (Lipinski definition) is 3. The summed E-state index contributed by atoms with van der Waals surface area (Å²) >= 11 is 0. The van der Waals surface area contributed by atoms with Crippen molar-refractivity contribution in [2.75, 3.05) is 0 Å². The molecule has 2 rings (SSSR count). The fourth-order valence-corrected chi connectivity index (χ4v) is 1.75. The largest absolute Gasteiger partial charge is 0.508 e. The van der Waals surface area contributed by atoms with Gasteiger partial charge in [-0.05, 0) is 36.8 Å². The first-order chi connectivity index (χ1) is 9.65. The van der Waals surface area contributed by atoms with Crippen LogP contribution >= 0.6 is 0 Å². The van der Waals surface area contributed by atoms with Crippen LogP contribution in [-0.4, -0.2) is 16.7 Å². The Kier molecular flexibility index (Phi) is 4.50. The lowest BCUT2D eigenvalue weighted by Crippen LogP contribution is -2.19. The first-order valence-corrected chi connectivity index (χ1v) is 6.31. The molecule has 2 aromatic rings. The van der Waals surface area contributed by atoms with Crippen molar-refractivity contribution in [3.8, 4) is 5.75 Å². The standard InChI is InChI=1S/C16H16N2O2/c1-12(11-13-5-3-2-4-6-13)17-18-16(20)14-7-9-15(19)10-8-14/h2-10,19H,11H2,1H3,(H,18,20). The third-order valence-corrected chi connectivity index (χ3v) is 2.78. The average molecular weight is 268 g/mol. The van der Waals surface area contributed by atoms with Gasteiger partial charge in [0.2, 0.25) is 0 Å². The Morgan fingerprint density at radius 3 is 2.40 bits per heavy atom. The maximum Gasteiger partial charge on any atom is 0.271 e. The van der Waals surface area contributed by atoms with Gasteiger partial charge in [0.05, 0.1) is 0 Å². The van der Waals surface area contributed by atoms with E-state index < -0.39 is 0 Å². The third-order valence-electron chi connectivity index (χ3n) is 2.78. The Balaban J connectivity index is 1.94. The summed E-state index contributed by atoms with van der Waals surface area (Å²) in [5.74, 6) is -0.164. The van der Waals surface area contributed by atoms with E-state index in [4.69, 9.17) is 5.11 Å². The van der Waals surface area contributed by atoms with Gasteiger partial charge in [0, 0.05) is 17.7 Å². The highest BCUT2D eigenvalue weighted by Crippen LogP contribution is 2.09. The molecule has 4 heteroatoms. The molecule has 0 fully saturated rings. The van der Waals surface area contributed by atoms with Crippen molar-refractivity contribution >= 4 is 11.6 Å². The van der Waals surface area contributed by atoms with Crippen molar-refractivity contribution in [3.05, 3.63) is 65.7 Å². The van der Waals surface area contributed by atoms with Gasteiger partial charge in [-0.2, -0.15) is 5.10 Å². The number of hydrogen-bond donors (Lipinski definition) is 2. The maximum atomic E-state index is 11.8. The average Bonchev–Trinajstić information content (AvgIpc) is 2.46. The number of carbonyl (C=O) groups excluding carboxylic acids is 1. The van der Waals surface area contributed by atoms with E-state index in [1.165, 1.54) is 12.1 Å². The Hall–Kier alpha value is -2.62. The number of amides is 1. The van der Waals surface area contributed by atoms with Crippen LogP contribution in [-0.2, 0) is 6.42 Å². The van der Waals surface area contributed by atoms with E-state index in [1.54, 1.807) is 12.1 Å². The molecule has 20 heavy (non-hydrogen) atoms. The molecule has 0 aliphatic rings. The summed E-state index contributed by atoms with van der Waals surface area (Å²) in [7, 11) is 0. The number of benzene rings is 2. The van der Waals surface area contributed by atoms with Crippen molar-refractivity contribution in [1.82, 2.24) is 5.43 Å². The number of rotatable bonds is 4. The number of nitrogens with zero attached hydrogens (tertiary/aromatic N) is 1. The molecule has 0 aliphatic heterocycles. The molecule has 2 aromatic carbocycles. The summed E-state index contributed by atoms with van der Waals surface area (Å²) in [5.41, 5.74) is 4.93. The quantitative estimate of drug-likeness (QED) is 0.661. The number of phenolic OH excluding ortho intramolecular Hbond substituents is 1. The van der Waals surface area contributed by atoms with Crippen molar-refractivity contribution in [1.29, 1.82) is 0 Å². The molecule has 0 atom stereocenters. The highest BCUT2D eigenvalue weighted by Gasteiger charge is 2.04.